The Bertz CT molecular complexity index is 1300. The van der Waals surface area contributed by atoms with Crippen LogP contribution in [0.2, 0.25) is 5.02 Å². The second-order valence-electron chi connectivity index (χ2n) is 8.09. The Balaban J connectivity index is 1.72. The second kappa shape index (κ2) is 9.08. The van der Waals surface area contributed by atoms with Crippen molar-refractivity contribution in [3.63, 3.8) is 0 Å². The van der Waals surface area contributed by atoms with E-state index in [1.54, 1.807) is 0 Å². The molecule has 0 spiro atoms. The van der Waals surface area contributed by atoms with Crippen LogP contribution in [0.25, 0.3) is 16.8 Å². The van der Waals surface area contributed by atoms with E-state index in [0.717, 1.165) is 36.7 Å². The van der Waals surface area contributed by atoms with Crippen LogP contribution in [0.3, 0.4) is 0 Å². The summed E-state index contributed by atoms with van der Waals surface area (Å²) < 4.78 is 68.5. The summed E-state index contributed by atoms with van der Waals surface area (Å²) in [6.07, 6.45) is -3.25. The van der Waals surface area contributed by atoms with Gasteiger partial charge in [-0.1, -0.05) is 23.7 Å². The van der Waals surface area contributed by atoms with Gasteiger partial charge in [0, 0.05) is 5.56 Å². The Morgan fingerprint density at radius 1 is 1.12 bits per heavy atom. The fourth-order valence-corrected chi connectivity index (χ4v) is 6.07. The fourth-order valence-electron chi connectivity index (χ4n) is 4.05. The highest BCUT2D eigenvalue weighted by atomic mass is 35.5. The van der Waals surface area contributed by atoms with Crippen molar-refractivity contribution in [2.75, 3.05) is 30.3 Å². The Morgan fingerprint density at radius 3 is 2.32 bits per heavy atom. The monoisotopic (exact) mass is 514 g/mol. The fraction of sp³-hybridized carbons (Fsp3) is 0.333. The molecule has 1 aliphatic rings. The number of rotatable bonds is 5. The molecule has 0 radical (unpaired) electrons. The smallest absolute Gasteiger partial charge is 0.368 e. The van der Waals surface area contributed by atoms with Crippen molar-refractivity contribution in [1.82, 2.24) is 20.1 Å². The topological polar surface area (TPSA) is 129 Å². The predicted octanol–water partition coefficient (Wildman–Crippen LogP) is 3.54. The van der Waals surface area contributed by atoms with Crippen LogP contribution in [0.15, 0.2) is 41.3 Å². The van der Waals surface area contributed by atoms with Crippen LogP contribution in [0.4, 0.5) is 25.1 Å². The van der Waals surface area contributed by atoms with Crippen LogP contribution in [-0.4, -0.2) is 42.0 Å². The summed E-state index contributed by atoms with van der Waals surface area (Å²) in [5, 5.41) is 6.76. The highest BCUT2D eigenvalue weighted by Crippen LogP contribution is 2.43. The molecule has 5 N–H and O–H groups in total. The van der Waals surface area contributed by atoms with E-state index in [1.165, 1.54) is 30.3 Å². The molecule has 1 saturated heterocycles. The van der Waals surface area contributed by atoms with Gasteiger partial charge in [0.2, 0.25) is 11.9 Å². The average Bonchev–Trinajstić information content (AvgIpc) is 3.11. The minimum absolute atomic E-state index is 0.000258. The molecule has 2 aromatic carbocycles. The predicted molar refractivity (Wildman–Crippen MR) is 123 cm³/mol. The molecule has 0 saturated carbocycles. The van der Waals surface area contributed by atoms with Crippen molar-refractivity contribution >= 4 is 33.3 Å². The molecule has 34 heavy (non-hydrogen) atoms. The lowest BCUT2D eigenvalue weighted by Gasteiger charge is -2.22. The number of nitrogen functional groups attached to an aromatic ring is 2. The van der Waals surface area contributed by atoms with Gasteiger partial charge in [-0.2, -0.15) is 22.8 Å². The molecule has 8 nitrogen and oxygen atoms in total. The number of anilines is 2. The van der Waals surface area contributed by atoms with E-state index in [4.69, 9.17) is 23.1 Å². The number of sulfone groups is 1. The molecule has 0 bridgehead atoms. The Labute approximate surface area is 199 Å². The molecule has 1 aromatic heterocycles. The van der Waals surface area contributed by atoms with Gasteiger partial charge in [-0.3, -0.25) is 0 Å². The van der Waals surface area contributed by atoms with Gasteiger partial charge < -0.3 is 16.8 Å². The highest BCUT2D eigenvalue weighted by molar-refractivity contribution is 7.91. The van der Waals surface area contributed by atoms with E-state index in [1.807, 2.05) is 0 Å². The number of benzene rings is 2. The van der Waals surface area contributed by atoms with E-state index in [0.29, 0.717) is 0 Å². The van der Waals surface area contributed by atoms with Crippen molar-refractivity contribution in [2.45, 2.75) is 23.9 Å². The first-order valence-corrected chi connectivity index (χ1v) is 12.4. The molecular weight excluding hydrogens is 493 g/mol. The molecule has 1 aliphatic heterocycles. The first kappa shape index (κ1) is 24.3. The number of aromatic nitrogens is 3. The third kappa shape index (κ3) is 4.98. The minimum atomic E-state index is -4.77. The van der Waals surface area contributed by atoms with Crippen LogP contribution in [0.1, 0.15) is 18.4 Å². The normalized spacial score (nSPS) is 15.5. The van der Waals surface area contributed by atoms with Crippen LogP contribution in [0.5, 0.6) is 0 Å². The summed E-state index contributed by atoms with van der Waals surface area (Å²) in [5.74, 6) is -0.354. The molecule has 0 unspecified atom stereocenters. The molecule has 182 valence electrons. The van der Waals surface area contributed by atoms with Crippen LogP contribution >= 0.6 is 11.6 Å². The average molecular weight is 515 g/mol. The van der Waals surface area contributed by atoms with Gasteiger partial charge in [-0.25, -0.2) is 8.42 Å². The number of hydrogen-bond acceptors (Lipinski definition) is 7. The van der Waals surface area contributed by atoms with Gasteiger partial charge in [0.25, 0.3) is 0 Å². The van der Waals surface area contributed by atoms with Crippen molar-refractivity contribution in [3.8, 4) is 16.8 Å². The number of nitrogens with one attached hydrogen (secondary N) is 1. The zero-order valence-electron chi connectivity index (χ0n) is 17.8. The second-order valence-corrected chi connectivity index (χ2v) is 10.5. The van der Waals surface area contributed by atoms with Gasteiger partial charge in [0.05, 0.1) is 26.9 Å². The number of piperidine rings is 1. The summed E-state index contributed by atoms with van der Waals surface area (Å²) in [6.45, 7) is 1.53. The lowest BCUT2D eigenvalue weighted by atomic mass is 9.98. The molecule has 1 fully saturated rings. The van der Waals surface area contributed by atoms with Crippen molar-refractivity contribution in [1.29, 1.82) is 0 Å². The van der Waals surface area contributed by atoms with Crippen molar-refractivity contribution in [3.05, 3.63) is 47.0 Å². The first-order chi connectivity index (χ1) is 16.0. The van der Waals surface area contributed by atoms with E-state index in [9.17, 15) is 21.6 Å². The number of hydrogen-bond donors (Lipinski definition) is 3. The molecule has 0 atom stereocenters. The van der Waals surface area contributed by atoms with Crippen LogP contribution < -0.4 is 16.8 Å². The maximum atomic E-state index is 14.0. The summed E-state index contributed by atoms with van der Waals surface area (Å²) in [6, 6.07) is 7.38. The van der Waals surface area contributed by atoms with E-state index >= 15 is 0 Å². The number of alkyl halides is 3. The van der Waals surface area contributed by atoms with Gasteiger partial charge >= 0.3 is 6.18 Å². The molecule has 3 aromatic rings. The maximum Gasteiger partial charge on any atom is 0.417 e. The van der Waals surface area contributed by atoms with Gasteiger partial charge in [-0.15, -0.1) is 5.10 Å². The molecule has 0 aliphatic carbocycles. The van der Waals surface area contributed by atoms with E-state index in [-0.39, 0.29) is 50.3 Å². The number of nitrogens with zero attached hydrogens (tertiary/aromatic N) is 3. The summed E-state index contributed by atoms with van der Waals surface area (Å²) >= 11 is 6.28. The molecule has 0 amide bonds. The lowest BCUT2D eigenvalue weighted by Crippen LogP contribution is -2.31. The van der Waals surface area contributed by atoms with Gasteiger partial charge in [-0.05, 0) is 61.7 Å². The summed E-state index contributed by atoms with van der Waals surface area (Å²) in [5.41, 5.74) is 9.89. The van der Waals surface area contributed by atoms with Gasteiger partial charge in [0.1, 0.15) is 0 Å². The van der Waals surface area contributed by atoms with Crippen LogP contribution in [-0.2, 0) is 16.0 Å². The molecule has 2 heterocycles. The zero-order chi connectivity index (χ0) is 24.7. The van der Waals surface area contributed by atoms with Crippen molar-refractivity contribution < 1.29 is 21.6 Å². The maximum absolute atomic E-state index is 14.0. The molecular formula is C21H22ClF3N6O2S. The molecule has 13 heteroatoms. The SMILES string of the molecule is Nc1nc(N)n(-c2cc(Cl)c(-c3ccc(S(=O)(=O)CC4CCNCC4)cc3)c(C(F)(F)F)c2)n1. The largest absolute Gasteiger partial charge is 0.417 e. The van der Waals surface area contributed by atoms with E-state index in [2.05, 4.69) is 15.4 Å². The van der Waals surface area contributed by atoms with Crippen LogP contribution in [0, 0.1) is 5.92 Å². The third-order valence-electron chi connectivity index (χ3n) is 5.69. The quantitative estimate of drug-likeness (QED) is 0.475. The number of halogens is 4. The number of nitrogens with two attached hydrogens (primary N) is 2. The molecule has 4 rings (SSSR count). The standard InChI is InChI=1S/C21H22ClF3N6O2S/c22-17-10-14(31-20(27)29-19(26)30-31)9-16(21(23,24)25)18(17)13-1-3-15(4-2-13)34(32,33)11-12-5-7-28-8-6-12/h1-4,9-10,12,28H,5-8,11H2,(H4,26,27,29,30). The Hall–Kier alpha value is -2.83. The van der Waals surface area contributed by atoms with E-state index < -0.39 is 21.6 Å². The lowest BCUT2D eigenvalue weighted by molar-refractivity contribution is -0.137. The Morgan fingerprint density at radius 2 is 1.76 bits per heavy atom. The van der Waals surface area contributed by atoms with Gasteiger partial charge in [0.15, 0.2) is 9.84 Å². The first-order valence-electron chi connectivity index (χ1n) is 10.4. The summed E-state index contributed by atoms with van der Waals surface area (Å²) in [4.78, 5) is 3.74. The zero-order valence-corrected chi connectivity index (χ0v) is 19.4. The third-order valence-corrected chi connectivity index (χ3v) is 7.89. The highest BCUT2D eigenvalue weighted by Gasteiger charge is 2.36. The minimum Gasteiger partial charge on any atom is -0.368 e. The Kier molecular flexibility index (Phi) is 6.49. The van der Waals surface area contributed by atoms with Crippen molar-refractivity contribution in [2.24, 2.45) is 5.92 Å². The summed E-state index contributed by atoms with van der Waals surface area (Å²) in [7, 11) is -3.58.